The number of benzene rings is 1. The van der Waals surface area contributed by atoms with Crippen molar-refractivity contribution in [3.05, 3.63) is 29.8 Å². The van der Waals surface area contributed by atoms with Crippen LogP contribution in [-0.4, -0.2) is 23.6 Å². The highest BCUT2D eigenvalue weighted by Gasteiger charge is 2.15. The van der Waals surface area contributed by atoms with Gasteiger partial charge in [0.1, 0.15) is 5.75 Å². The number of amides is 2. The first-order chi connectivity index (χ1) is 9.67. The SMILES string of the molecule is CC(N)C(=O)NCc1ccc(OC(=O)NC(C)(C)C)cc1. The lowest BCUT2D eigenvalue weighted by Gasteiger charge is -2.19. The van der Waals surface area contributed by atoms with Gasteiger partial charge >= 0.3 is 6.09 Å². The normalized spacial score (nSPS) is 12.4. The predicted octanol–water partition coefficient (Wildman–Crippen LogP) is 1.54. The van der Waals surface area contributed by atoms with Crippen molar-refractivity contribution in [2.45, 2.75) is 45.8 Å². The van der Waals surface area contributed by atoms with Crippen LogP contribution in [0.5, 0.6) is 5.75 Å². The standard InChI is InChI=1S/C15H23N3O3/c1-10(16)13(19)17-9-11-5-7-12(8-6-11)21-14(20)18-15(2,3)4/h5-8,10H,9,16H2,1-4H3,(H,17,19)(H,18,20). The zero-order valence-electron chi connectivity index (χ0n) is 12.9. The summed E-state index contributed by atoms with van der Waals surface area (Å²) in [6, 6.07) is 6.38. The maximum atomic E-state index is 11.6. The van der Waals surface area contributed by atoms with E-state index < -0.39 is 12.1 Å². The largest absolute Gasteiger partial charge is 0.413 e. The molecule has 0 aliphatic carbocycles. The van der Waals surface area contributed by atoms with E-state index in [0.717, 1.165) is 5.56 Å². The second-order valence-electron chi connectivity index (χ2n) is 5.91. The van der Waals surface area contributed by atoms with Crippen LogP contribution in [-0.2, 0) is 11.3 Å². The van der Waals surface area contributed by atoms with E-state index in [-0.39, 0.29) is 11.4 Å². The second kappa shape index (κ2) is 7.08. The Morgan fingerprint density at radius 2 is 1.81 bits per heavy atom. The number of carbonyl (C=O) groups is 2. The molecule has 0 bridgehead atoms. The summed E-state index contributed by atoms with van der Waals surface area (Å²) >= 11 is 0. The number of rotatable bonds is 4. The van der Waals surface area contributed by atoms with Crippen molar-refractivity contribution in [2.75, 3.05) is 0 Å². The molecule has 1 atom stereocenters. The Morgan fingerprint density at radius 3 is 2.29 bits per heavy atom. The van der Waals surface area contributed by atoms with Gasteiger partial charge in [-0.3, -0.25) is 4.79 Å². The van der Waals surface area contributed by atoms with E-state index in [1.54, 1.807) is 31.2 Å². The summed E-state index contributed by atoms with van der Waals surface area (Å²) in [6.45, 7) is 7.63. The second-order valence-corrected chi connectivity index (χ2v) is 5.91. The van der Waals surface area contributed by atoms with Crippen LogP contribution in [0, 0.1) is 0 Å². The number of hydrogen-bond donors (Lipinski definition) is 3. The van der Waals surface area contributed by atoms with Gasteiger partial charge in [0.15, 0.2) is 0 Å². The number of hydrogen-bond acceptors (Lipinski definition) is 4. The molecule has 0 heterocycles. The molecule has 1 aromatic carbocycles. The average molecular weight is 293 g/mol. The molecule has 21 heavy (non-hydrogen) atoms. The molecule has 6 heteroatoms. The minimum Gasteiger partial charge on any atom is -0.410 e. The van der Waals surface area contributed by atoms with E-state index >= 15 is 0 Å². The first kappa shape index (κ1) is 17.0. The first-order valence-electron chi connectivity index (χ1n) is 6.79. The molecule has 1 unspecified atom stereocenters. The molecule has 116 valence electrons. The van der Waals surface area contributed by atoms with Gasteiger partial charge in [0.25, 0.3) is 0 Å². The van der Waals surface area contributed by atoms with Crippen LogP contribution in [0.2, 0.25) is 0 Å². The number of ether oxygens (including phenoxy) is 1. The van der Waals surface area contributed by atoms with E-state index in [0.29, 0.717) is 12.3 Å². The van der Waals surface area contributed by atoms with E-state index in [2.05, 4.69) is 10.6 Å². The molecule has 0 spiro atoms. The zero-order chi connectivity index (χ0) is 16.0. The first-order valence-corrected chi connectivity index (χ1v) is 6.79. The highest BCUT2D eigenvalue weighted by atomic mass is 16.6. The van der Waals surface area contributed by atoms with E-state index in [9.17, 15) is 9.59 Å². The summed E-state index contributed by atoms with van der Waals surface area (Å²) in [7, 11) is 0. The van der Waals surface area contributed by atoms with Crippen molar-refractivity contribution >= 4 is 12.0 Å². The Morgan fingerprint density at radius 1 is 1.24 bits per heavy atom. The Balaban J connectivity index is 2.51. The minimum absolute atomic E-state index is 0.208. The molecule has 0 fully saturated rings. The molecular weight excluding hydrogens is 270 g/mol. The summed E-state index contributed by atoms with van der Waals surface area (Å²) in [4.78, 5) is 22.9. The van der Waals surface area contributed by atoms with Crippen molar-refractivity contribution < 1.29 is 14.3 Å². The van der Waals surface area contributed by atoms with Gasteiger partial charge in [-0.1, -0.05) is 12.1 Å². The van der Waals surface area contributed by atoms with Crippen LogP contribution in [0.1, 0.15) is 33.3 Å². The van der Waals surface area contributed by atoms with Crippen molar-refractivity contribution in [3.8, 4) is 5.75 Å². The number of carbonyl (C=O) groups excluding carboxylic acids is 2. The lowest BCUT2D eigenvalue weighted by atomic mass is 10.1. The summed E-state index contributed by atoms with van der Waals surface area (Å²) < 4.78 is 5.15. The van der Waals surface area contributed by atoms with E-state index in [1.165, 1.54) is 0 Å². The lowest BCUT2D eigenvalue weighted by molar-refractivity contribution is -0.122. The van der Waals surface area contributed by atoms with Crippen LogP contribution in [0.4, 0.5) is 4.79 Å². The Kier molecular flexibility index (Phi) is 5.72. The Hall–Kier alpha value is -2.08. The van der Waals surface area contributed by atoms with Gasteiger partial charge in [0.05, 0.1) is 6.04 Å². The fourth-order valence-corrected chi connectivity index (χ4v) is 1.46. The van der Waals surface area contributed by atoms with Gasteiger partial charge < -0.3 is 21.1 Å². The molecule has 0 aromatic heterocycles. The zero-order valence-corrected chi connectivity index (χ0v) is 12.9. The maximum Gasteiger partial charge on any atom is 0.413 e. The third kappa shape index (κ3) is 6.76. The van der Waals surface area contributed by atoms with Gasteiger partial charge in [-0.25, -0.2) is 4.79 Å². The molecule has 6 nitrogen and oxygen atoms in total. The van der Waals surface area contributed by atoms with Crippen LogP contribution >= 0.6 is 0 Å². The topological polar surface area (TPSA) is 93.5 Å². The molecular formula is C15H23N3O3. The minimum atomic E-state index is -0.534. The smallest absolute Gasteiger partial charge is 0.410 e. The fraction of sp³-hybridized carbons (Fsp3) is 0.467. The average Bonchev–Trinajstić information content (AvgIpc) is 2.35. The van der Waals surface area contributed by atoms with Crippen molar-refractivity contribution in [1.29, 1.82) is 0 Å². The van der Waals surface area contributed by atoms with Crippen LogP contribution in [0.25, 0.3) is 0 Å². The fourth-order valence-electron chi connectivity index (χ4n) is 1.46. The van der Waals surface area contributed by atoms with Gasteiger partial charge in [-0.2, -0.15) is 0 Å². The molecule has 0 saturated carbocycles. The van der Waals surface area contributed by atoms with E-state index in [1.807, 2.05) is 20.8 Å². The molecule has 4 N–H and O–H groups in total. The molecule has 1 rings (SSSR count). The summed E-state index contributed by atoms with van der Waals surface area (Å²) in [5.41, 5.74) is 6.00. The molecule has 2 amide bonds. The van der Waals surface area contributed by atoms with Gasteiger partial charge in [-0.15, -0.1) is 0 Å². The lowest BCUT2D eigenvalue weighted by Crippen LogP contribution is -2.42. The van der Waals surface area contributed by atoms with Gasteiger partial charge in [-0.05, 0) is 45.4 Å². The maximum absolute atomic E-state index is 11.6. The Labute approximate surface area is 125 Å². The van der Waals surface area contributed by atoms with Gasteiger partial charge in [0, 0.05) is 12.1 Å². The van der Waals surface area contributed by atoms with Crippen molar-refractivity contribution in [1.82, 2.24) is 10.6 Å². The quantitative estimate of drug-likeness (QED) is 0.785. The molecule has 0 radical (unpaired) electrons. The summed E-state index contributed by atoms with van der Waals surface area (Å²) in [5, 5.41) is 5.41. The monoisotopic (exact) mass is 293 g/mol. The van der Waals surface area contributed by atoms with Crippen molar-refractivity contribution in [3.63, 3.8) is 0 Å². The number of nitrogens with two attached hydrogens (primary N) is 1. The van der Waals surface area contributed by atoms with Crippen molar-refractivity contribution in [2.24, 2.45) is 5.73 Å². The van der Waals surface area contributed by atoms with E-state index in [4.69, 9.17) is 10.5 Å². The molecule has 0 aliphatic rings. The number of nitrogens with one attached hydrogen (secondary N) is 2. The van der Waals surface area contributed by atoms with Crippen LogP contribution in [0.15, 0.2) is 24.3 Å². The van der Waals surface area contributed by atoms with Gasteiger partial charge in [0.2, 0.25) is 5.91 Å². The molecule has 1 aromatic rings. The van der Waals surface area contributed by atoms with Crippen LogP contribution < -0.4 is 21.1 Å². The summed E-state index contributed by atoms with van der Waals surface area (Å²) in [6.07, 6.45) is -0.500. The predicted molar refractivity (Wildman–Crippen MR) is 80.9 cm³/mol. The molecule has 0 aliphatic heterocycles. The third-order valence-corrected chi connectivity index (χ3v) is 2.49. The summed E-state index contributed by atoms with van der Waals surface area (Å²) in [5.74, 6) is 0.235. The Bertz CT molecular complexity index is 490. The highest BCUT2D eigenvalue weighted by Crippen LogP contribution is 2.13. The van der Waals surface area contributed by atoms with Crippen LogP contribution in [0.3, 0.4) is 0 Å². The highest BCUT2D eigenvalue weighted by molar-refractivity contribution is 5.80. The third-order valence-electron chi connectivity index (χ3n) is 2.49. The molecule has 0 saturated heterocycles.